The fraction of sp³-hybridized carbons (Fsp3) is 0.312. The van der Waals surface area contributed by atoms with Crippen molar-refractivity contribution in [2.45, 2.75) is 12.7 Å². The standard InChI is InChI=1S/C16H21N6O5P/c1-26-28(24,25)9-11-4-2-3-10(7-11)8-22-14-12(19-16(22)23)13(18)20-15(21-14)27-6-5-17/h2-4,7H,5-6,8-9,17H2,1H3,(H,19,23)(H,24,25)(H2,18,20,21). The number of aromatic hydroxyl groups is 1. The molecule has 0 aliphatic heterocycles. The third-order valence-corrected chi connectivity index (χ3v) is 5.27. The summed E-state index contributed by atoms with van der Waals surface area (Å²) in [4.78, 5) is 21.9. The monoisotopic (exact) mass is 408 g/mol. The molecule has 28 heavy (non-hydrogen) atoms. The average molecular weight is 408 g/mol. The van der Waals surface area contributed by atoms with Gasteiger partial charge in [-0.2, -0.15) is 15.0 Å². The predicted molar refractivity (Wildman–Crippen MR) is 102 cm³/mol. The number of ether oxygens (including phenoxy) is 1. The third kappa shape index (κ3) is 4.39. The number of fused-ring (bicyclic) bond motifs is 1. The van der Waals surface area contributed by atoms with Crippen LogP contribution in [0.2, 0.25) is 0 Å². The van der Waals surface area contributed by atoms with Crippen molar-refractivity contribution in [3.63, 3.8) is 0 Å². The van der Waals surface area contributed by atoms with E-state index in [1.807, 2.05) is 0 Å². The number of imidazole rings is 1. The Kier molecular flexibility index (Phi) is 5.80. The van der Waals surface area contributed by atoms with Crippen molar-refractivity contribution in [3.05, 3.63) is 35.4 Å². The molecule has 0 fully saturated rings. The molecule has 1 aromatic carbocycles. The van der Waals surface area contributed by atoms with Crippen LogP contribution in [0.5, 0.6) is 12.0 Å². The van der Waals surface area contributed by atoms with Crippen molar-refractivity contribution in [1.29, 1.82) is 0 Å². The molecule has 0 spiro atoms. The smallest absolute Gasteiger partial charge is 0.332 e. The molecule has 11 nitrogen and oxygen atoms in total. The topological polar surface area (TPSA) is 172 Å². The summed E-state index contributed by atoms with van der Waals surface area (Å²) in [5, 5.41) is 10.2. The number of anilines is 1. The largest absolute Gasteiger partial charge is 0.480 e. The first-order valence-corrected chi connectivity index (χ1v) is 10.1. The molecule has 2 aromatic heterocycles. The molecule has 150 valence electrons. The number of rotatable bonds is 8. The molecule has 0 aliphatic carbocycles. The number of nitrogens with two attached hydrogens (primary N) is 2. The van der Waals surface area contributed by atoms with E-state index in [0.717, 1.165) is 5.56 Å². The highest BCUT2D eigenvalue weighted by Crippen LogP contribution is 2.44. The van der Waals surface area contributed by atoms with Gasteiger partial charge in [-0.3, -0.25) is 9.13 Å². The summed E-state index contributed by atoms with van der Waals surface area (Å²) in [5.74, 6) is 0.0705. The maximum atomic E-state index is 11.8. The molecule has 6 N–H and O–H groups in total. The van der Waals surface area contributed by atoms with Crippen LogP contribution in [-0.2, 0) is 21.8 Å². The number of aromatic nitrogens is 4. The van der Waals surface area contributed by atoms with E-state index < -0.39 is 7.60 Å². The molecule has 1 atom stereocenters. The van der Waals surface area contributed by atoms with E-state index in [9.17, 15) is 14.6 Å². The summed E-state index contributed by atoms with van der Waals surface area (Å²) >= 11 is 0. The summed E-state index contributed by atoms with van der Waals surface area (Å²) in [6.07, 6.45) is -0.125. The van der Waals surface area contributed by atoms with Gasteiger partial charge in [-0.25, -0.2) is 0 Å². The summed E-state index contributed by atoms with van der Waals surface area (Å²) in [5.41, 5.74) is 13.2. The molecule has 3 aromatic rings. The van der Waals surface area contributed by atoms with E-state index in [1.165, 1.54) is 11.7 Å². The Labute approximate surface area is 160 Å². The van der Waals surface area contributed by atoms with Gasteiger partial charge in [-0.15, -0.1) is 0 Å². The van der Waals surface area contributed by atoms with E-state index in [0.29, 0.717) is 11.2 Å². The molecule has 0 amide bonds. The average Bonchev–Trinajstić information content (AvgIpc) is 2.96. The molecular formula is C16H21N6O5P. The van der Waals surface area contributed by atoms with Gasteiger partial charge in [-0.1, -0.05) is 24.3 Å². The second-order valence-corrected chi connectivity index (χ2v) is 7.95. The third-order valence-electron chi connectivity index (χ3n) is 3.93. The number of nitrogens with zero attached hydrogens (tertiary/aromatic N) is 4. The number of benzene rings is 1. The predicted octanol–water partition coefficient (Wildman–Crippen LogP) is 0.832. The van der Waals surface area contributed by atoms with Crippen LogP contribution in [0.3, 0.4) is 0 Å². The lowest BCUT2D eigenvalue weighted by atomic mass is 10.1. The van der Waals surface area contributed by atoms with E-state index in [-0.39, 0.29) is 49.2 Å². The molecule has 1 unspecified atom stereocenters. The molecule has 2 heterocycles. The lowest BCUT2D eigenvalue weighted by Crippen LogP contribution is -2.13. The van der Waals surface area contributed by atoms with Gasteiger partial charge in [0.15, 0.2) is 17.0 Å². The summed E-state index contributed by atoms with van der Waals surface area (Å²) < 4.78 is 23.2. The Balaban J connectivity index is 1.95. The van der Waals surface area contributed by atoms with Crippen molar-refractivity contribution in [3.8, 4) is 12.0 Å². The Morgan fingerprint density at radius 3 is 2.71 bits per heavy atom. The molecule has 0 bridgehead atoms. The van der Waals surface area contributed by atoms with Crippen molar-refractivity contribution in [2.75, 3.05) is 26.0 Å². The molecule has 0 aliphatic rings. The molecule has 0 saturated carbocycles. The van der Waals surface area contributed by atoms with Crippen LogP contribution < -0.4 is 16.2 Å². The summed E-state index contributed by atoms with van der Waals surface area (Å²) in [6, 6.07) is 6.75. The SMILES string of the molecule is COP(=O)(O)Cc1cccc(Cn2c(O)nc3c(N)nc(OCCN)nc32)c1. The van der Waals surface area contributed by atoms with Crippen LogP contribution in [0.15, 0.2) is 24.3 Å². The van der Waals surface area contributed by atoms with E-state index in [1.54, 1.807) is 24.3 Å². The highest BCUT2D eigenvalue weighted by molar-refractivity contribution is 7.51. The summed E-state index contributed by atoms with van der Waals surface area (Å²) in [7, 11) is -2.50. The van der Waals surface area contributed by atoms with E-state index in [2.05, 4.69) is 19.5 Å². The maximum Gasteiger partial charge on any atom is 0.332 e. The van der Waals surface area contributed by atoms with E-state index >= 15 is 0 Å². The quantitative estimate of drug-likeness (QED) is 0.391. The summed E-state index contributed by atoms with van der Waals surface area (Å²) in [6.45, 7) is 0.703. The number of hydrogen-bond acceptors (Lipinski definition) is 9. The van der Waals surface area contributed by atoms with Crippen molar-refractivity contribution in [1.82, 2.24) is 19.5 Å². The number of hydrogen-bond donors (Lipinski definition) is 4. The van der Waals surface area contributed by atoms with Gasteiger partial charge in [-0.05, 0) is 11.1 Å². The zero-order valence-electron chi connectivity index (χ0n) is 15.1. The minimum atomic E-state index is -3.69. The van der Waals surface area contributed by atoms with Gasteiger partial charge in [0.25, 0.3) is 6.01 Å². The highest BCUT2D eigenvalue weighted by Gasteiger charge is 2.19. The molecule has 0 radical (unpaired) electrons. The molecule has 3 rings (SSSR count). The first kappa shape index (κ1) is 20.0. The van der Waals surface area contributed by atoms with Crippen LogP contribution in [0, 0.1) is 0 Å². The maximum absolute atomic E-state index is 11.8. The van der Waals surface area contributed by atoms with Crippen molar-refractivity contribution in [2.24, 2.45) is 5.73 Å². The van der Waals surface area contributed by atoms with Crippen LogP contribution in [-0.4, -0.2) is 49.8 Å². The minimum Gasteiger partial charge on any atom is -0.480 e. The Morgan fingerprint density at radius 2 is 2.00 bits per heavy atom. The Morgan fingerprint density at radius 1 is 1.25 bits per heavy atom. The lowest BCUT2D eigenvalue weighted by Gasteiger charge is -2.11. The Bertz CT molecular complexity index is 1040. The van der Waals surface area contributed by atoms with Crippen LogP contribution in [0.1, 0.15) is 11.1 Å². The zero-order chi connectivity index (χ0) is 20.3. The van der Waals surface area contributed by atoms with Crippen LogP contribution in [0.4, 0.5) is 5.82 Å². The van der Waals surface area contributed by atoms with Crippen LogP contribution in [0.25, 0.3) is 11.2 Å². The fourth-order valence-electron chi connectivity index (χ4n) is 2.65. The first-order chi connectivity index (χ1) is 13.3. The first-order valence-electron chi connectivity index (χ1n) is 8.34. The normalized spacial score (nSPS) is 13.5. The molecule has 12 heteroatoms. The Hall–Kier alpha value is -2.72. The van der Waals surface area contributed by atoms with Gasteiger partial charge in [0.05, 0.1) is 12.7 Å². The number of nitrogen functional groups attached to an aromatic ring is 1. The minimum absolute atomic E-state index is 0.0339. The van der Waals surface area contributed by atoms with Gasteiger partial charge < -0.3 is 30.7 Å². The van der Waals surface area contributed by atoms with Gasteiger partial charge >= 0.3 is 13.6 Å². The van der Waals surface area contributed by atoms with Crippen molar-refractivity contribution >= 4 is 24.6 Å². The van der Waals surface area contributed by atoms with Crippen molar-refractivity contribution < 1.29 is 23.8 Å². The highest BCUT2D eigenvalue weighted by atomic mass is 31.2. The van der Waals surface area contributed by atoms with Gasteiger partial charge in [0, 0.05) is 13.7 Å². The molecular weight excluding hydrogens is 387 g/mol. The molecule has 0 saturated heterocycles. The van der Waals surface area contributed by atoms with Gasteiger partial charge in [0.2, 0.25) is 0 Å². The zero-order valence-corrected chi connectivity index (χ0v) is 16.0. The second-order valence-electron chi connectivity index (χ2n) is 6.00. The van der Waals surface area contributed by atoms with Gasteiger partial charge in [0.1, 0.15) is 6.61 Å². The second kappa shape index (κ2) is 8.11. The van der Waals surface area contributed by atoms with Crippen LogP contribution >= 0.6 is 7.60 Å². The fourth-order valence-corrected chi connectivity index (χ4v) is 3.44. The lowest BCUT2D eigenvalue weighted by molar-refractivity contribution is 0.303. The van der Waals surface area contributed by atoms with E-state index in [4.69, 9.17) is 16.2 Å².